The van der Waals surface area contributed by atoms with E-state index in [0.717, 1.165) is 25.1 Å². The Morgan fingerprint density at radius 1 is 1.30 bits per heavy atom. The molecule has 102 valence electrons. The number of nitrogens with zero attached hydrogens (tertiary/aromatic N) is 2. The summed E-state index contributed by atoms with van der Waals surface area (Å²) in [4.78, 5) is 18.0. The largest absolute Gasteiger partial charge is 0.397 e. The summed E-state index contributed by atoms with van der Waals surface area (Å²) in [5.74, 6) is 0.0710. The molecule has 1 aromatic carbocycles. The molecule has 0 fully saturated rings. The molecule has 3 rings (SSSR count). The number of anilines is 3. The summed E-state index contributed by atoms with van der Waals surface area (Å²) < 4.78 is 0. The van der Waals surface area contributed by atoms with Gasteiger partial charge >= 0.3 is 0 Å². The highest BCUT2D eigenvalue weighted by Gasteiger charge is 2.22. The zero-order valence-corrected chi connectivity index (χ0v) is 11.0. The van der Waals surface area contributed by atoms with Gasteiger partial charge in [0.1, 0.15) is 5.82 Å². The van der Waals surface area contributed by atoms with Crippen LogP contribution in [0.2, 0.25) is 0 Å². The van der Waals surface area contributed by atoms with Crippen molar-refractivity contribution in [3.63, 3.8) is 0 Å². The van der Waals surface area contributed by atoms with Crippen LogP contribution in [0.15, 0.2) is 36.5 Å². The first-order chi connectivity index (χ1) is 9.66. The summed E-state index contributed by atoms with van der Waals surface area (Å²) in [5.41, 5.74) is 14.3. The number of nitrogens with two attached hydrogens (primary N) is 2. The van der Waals surface area contributed by atoms with E-state index in [9.17, 15) is 4.79 Å². The number of aryl methyl sites for hydroxylation is 1. The second-order valence-corrected chi connectivity index (χ2v) is 4.89. The van der Waals surface area contributed by atoms with Crippen LogP contribution in [0.1, 0.15) is 22.3 Å². The van der Waals surface area contributed by atoms with Gasteiger partial charge in [0.15, 0.2) is 0 Å². The van der Waals surface area contributed by atoms with Crippen LogP contribution in [-0.2, 0) is 6.42 Å². The van der Waals surface area contributed by atoms with Crippen molar-refractivity contribution in [3.05, 3.63) is 47.7 Å². The van der Waals surface area contributed by atoms with E-state index in [0.29, 0.717) is 17.1 Å². The number of hydrogen-bond acceptors (Lipinski definition) is 4. The Labute approximate surface area is 117 Å². The van der Waals surface area contributed by atoms with Crippen LogP contribution in [0, 0.1) is 0 Å². The van der Waals surface area contributed by atoms with Crippen molar-refractivity contribution in [3.8, 4) is 0 Å². The summed E-state index contributed by atoms with van der Waals surface area (Å²) in [7, 11) is 0. The minimum atomic E-state index is -0.511. The standard InChI is InChI=1S/C15H16N4O/c16-11-8-12(14(17)20)15(18-9-11)19-7-3-5-10-4-1-2-6-13(10)19/h1-2,4,6,8-9H,3,5,7,16H2,(H2,17,20). The number of rotatable bonds is 2. The topological polar surface area (TPSA) is 85.2 Å². The average molecular weight is 268 g/mol. The number of amides is 1. The van der Waals surface area contributed by atoms with Crippen molar-refractivity contribution in [2.75, 3.05) is 17.2 Å². The summed E-state index contributed by atoms with van der Waals surface area (Å²) in [6.45, 7) is 0.814. The summed E-state index contributed by atoms with van der Waals surface area (Å²) in [6.07, 6.45) is 3.60. The number of aromatic nitrogens is 1. The number of hydrogen-bond donors (Lipinski definition) is 2. The molecule has 0 atom stereocenters. The first-order valence-electron chi connectivity index (χ1n) is 6.57. The summed E-state index contributed by atoms with van der Waals surface area (Å²) >= 11 is 0. The zero-order chi connectivity index (χ0) is 14.1. The highest BCUT2D eigenvalue weighted by atomic mass is 16.1. The van der Waals surface area contributed by atoms with Gasteiger partial charge in [0.2, 0.25) is 0 Å². The molecule has 20 heavy (non-hydrogen) atoms. The van der Waals surface area contributed by atoms with Crippen molar-refractivity contribution in [2.24, 2.45) is 5.73 Å². The molecule has 1 amide bonds. The maximum atomic E-state index is 11.6. The second kappa shape index (κ2) is 4.85. The van der Waals surface area contributed by atoms with E-state index < -0.39 is 5.91 Å². The molecule has 0 saturated carbocycles. The van der Waals surface area contributed by atoms with Crippen molar-refractivity contribution in [2.45, 2.75) is 12.8 Å². The lowest BCUT2D eigenvalue weighted by Crippen LogP contribution is -2.28. The molecule has 1 aliphatic heterocycles. The van der Waals surface area contributed by atoms with E-state index in [-0.39, 0.29) is 0 Å². The maximum absolute atomic E-state index is 11.6. The number of pyridine rings is 1. The van der Waals surface area contributed by atoms with Gasteiger partial charge in [-0.05, 0) is 30.5 Å². The lowest BCUT2D eigenvalue weighted by molar-refractivity contribution is 0.100. The monoisotopic (exact) mass is 268 g/mol. The maximum Gasteiger partial charge on any atom is 0.252 e. The second-order valence-electron chi connectivity index (χ2n) is 4.89. The molecule has 2 aromatic rings. The summed E-state index contributed by atoms with van der Waals surface area (Å²) in [6, 6.07) is 9.73. The lowest BCUT2D eigenvalue weighted by atomic mass is 10.0. The first kappa shape index (κ1) is 12.5. The molecule has 0 aliphatic carbocycles. The van der Waals surface area contributed by atoms with Crippen LogP contribution >= 0.6 is 0 Å². The van der Waals surface area contributed by atoms with Gasteiger partial charge in [-0.3, -0.25) is 4.79 Å². The van der Waals surface area contributed by atoms with E-state index in [1.165, 1.54) is 5.56 Å². The number of carbonyl (C=O) groups is 1. The van der Waals surface area contributed by atoms with E-state index in [4.69, 9.17) is 11.5 Å². The van der Waals surface area contributed by atoms with Crippen LogP contribution in [0.3, 0.4) is 0 Å². The predicted octanol–water partition coefficient (Wildman–Crippen LogP) is 1.85. The van der Waals surface area contributed by atoms with E-state index >= 15 is 0 Å². The third-order valence-electron chi connectivity index (χ3n) is 3.52. The van der Waals surface area contributed by atoms with Gasteiger partial charge in [-0.25, -0.2) is 4.98 Å². The van der Waals surface area contributed by atoms with Crippen molar-refractivity contribution < 1.29 is 4.79 Å². The lowest BCUT2D eigenvalue weighted by Gasteiger charge is -2.31. The quantitative estimate of drug-likeness (QED) is 0.870. The fourth-order valence-electron chi connectivity index (χ4n) is 2.62. The van der Waals surface area contributed by atoms with E-state index in [2.05, 4.69) is 11.1 Å². The molecule has 0 unspecified atom stereocenters. The summed E-state index contributed by atoms with van der Waals surface area (Å²) in [5, 5.41) is 0. The van der Waals surface area contributed by atoms with Gasteiger partial charge in [0.25, 0.3) is 5.91 Å². The van der Waals surface area contributed by atoms with Crippen LogP contribution in [0.5, 0.6) is 0 Å². The number of fused-ring (bicyclic) bond motifs is 1. The molecule has 1 aliphatic rings. The minimum Gasteiger partial charge on any atom is -0.397 e. The highest BCUT2D eigenvalue weighted by molar-refractivity contribution is 5.99. The number of nitrogen functional groups attached to an aromatic ring is 1. The Morgan fingerprint density at radius 2 is 2.10 bits per heavy atom. The van der Waals surface area contributed by atoms with E-state index in [1.807, 2.05) is 23.1 Å². The number of benzene rings is 1. The van der Waals surface area contributed by atoms with Crippen LogP contribution in [0.4, 0.5) is 17.2 Å². The molecule has 0 saturated heterocycles. The van der Waals surface area contributed by atoms with Gasteiger partial charge in [0, 0.05) is 12.2 Å². The van der Waals surface area contributed by atoms with Gasteiger partial charge in [0.05, 0.1) is 17.4 Å². The highest BCUT2D eigenvalue weighted by Crippen LogP contribution is 2.34. The molecule has 5 nitrogen and oxygen atoms in total. The third kappa shape index (κ3) is 2.07. The van der Waals surface area contributed by atoms with Gasteiger partial charge in [-0.1, -0.05) is 18.2 Å². The Hall–Kier alpha value is -2.56. The van der Waals surface area contributed by atoms with Gasteiger partial charge in [-0.2, -0.15) is 0 Å². The number of para-hydroxylation sites is 1. The van der Waals surface area contributed by atoms with Gasteiger partial charge in [-0.15, -0.1) is 0 Å². The number of primary amides is 1. The van der Waals surface area contributed by atoms with Crippen LogP contribution < -0.4 is 16.4 Å². The average Bonchev–Trinajstić information content (AvgIpc) is 2.46. The normalized spacial score (nSPS) is 13.9. The fraction of sp³-hybridized carbons (Fsp3) is 0.200. The fourth-order valence-corrected chi connectivity index (χ4v) is 2.62. The van der Waals surface area contributed by atoms with E-state index in [1.54, 1.807) is 12.3 Å². The van der Waals surface area contributed by atoms with Crippen LogP contribution in [-0.4, -0.2) is 17.4 Å². The smallest absolute Gasteiger partial charge is 0.252 e. The molecule has 1 aromatic heterocycles. The zero-order valence-electron chi connectivity index (χ0n) is 11.0. The molecule has 5 heteroatoms. The molecule has 0 spiro atoms. The Morgan fingerprint density at radius 3 is 2.90 bits per heavy atom. The molecule has 0 bridgehead atoms. The minimum absolute atomic E-state index is 0.363. The molecular weight excluding hydrogens is 252 g/mol. The van der Waals surface area contributed by atoms with Crippen molar-refractivity contribution >= 4 is 23.1 Å². The van der Waals surface area contributed by atoms with Crippen molar-refractivity contribution in [1.82, 2.24) is 4.98 Å². The Balaban J connectivity index is 2.13. The molecule has 0 radical (unpaired) electrons. The predicted molar refractivity (Wildman–Crippen MR) is 78.9 cm³/mol. The Bertz CT molecular complexity index is 669. The van der Waals surface area contributed by atoms with Crippen LogP contribution in [0.25, 0.3) is 0 Å². The number of carbonyl (C=O) groups excluding carboxylic acids is 1. The van der Waals surface area contributed by atoms with Gasteiger partial charge < -0.3 is 16.4 Å². The molecule has 4 N–H and O–H groups in total. The Kier molecular flexibility index (Phi) is 3.02. The third-order valence-corrected chi connectivity index (χ3v) is 3.52. The molecular formula is C15H16N4O. The first-order valence-corrected chi connectivity index (χ1v) is 6.57. The SMILES string of the molecule is NC(=O)c1cc(N)cnc1N1CCCc2ccccc21. The molecule has 2 heterocycles. The van der Waals surface area contributed by atoms with Crippen molar-refractivity contribution in [1.29, 1.82) is 0 Å².